The fourth-order valence-corrected chi connectivity index (χ4v) is 3.47. The maximum atomic E-state index is 12.9. The minimum atomic E-state index is 0.141. The molecule has 0 radical (unpaired) electrons. The van der Waals surface area contributed by atoms with E-state index < -0.39 is 0 Å². The van der Waals surface area contributed by atoms with Gasteiger partial charge in [0.25, 0.3) is 0 Å². The first-order chi connectivity index (χ1) is 11.7. The summed E-state index contributed by atoms with van der Waals surface area (Å²) in [5.74, 6) is 1.66. The zero-order valence-corrected chi connectivity index (χ0v) is 13.9. The van der Waals surface area contributed by atoms with E-state index in [9.17, 15) is 4.79 Å². The summed E-state index contributed by atoms with van der Waals surface area (Å²) in [7, 11) is 0. The highest BCUT2D eigenvalue weighted by Gasteiger charge is 2.23. The highest BCUT2D eigenvalue weighted by molar-refractivity contribution is 5.96. The number of rotatable bonds is 2. The number of carbonyl (C=O) groups excluding carboxylic acids is 1. The Kier molecular flexibility index (Phi) is 3.89. The van der Waals surface area contributed by atoms with Crippen molar-refractivity contribution in [3.05, 3.63) is 53.1 Å². The number of aryl methyl sites for hydroxylation is 2. The van der Waals surface area contributed by atoms with Crippen molar-refractivity contribution in [3.63, 3.8) is 0 Å². The van der Waals surface area contributed by atoms with Crippen molar-refractivity contribution in [2.45, 2.75) is 26.2 Å². The summed E-state index contributed by atoms with van der Waals surface area (Å²) in [6, 6.07) is 12.1. The number of anilines is 1. The van der Waals surface area contributed by atoms with Crippen LogP contribution >= 0.6 is 0 Å². The Morgan fingerprint density at radius 3 is 2.71 bits per heavy atom. The first kappa shape index (κ1) is 15.1. The maximum Gasteiger partial charge on any atom is 0.231 e. The van der Waals surface area contributed by atoms with E-state index in [-0.39, 0.29) is 5.91 Å². The third-order valence-electron chi connectivity index (χ3n) is 4.75. The lowest BCUT2D eigenvalue weighted by Gasteiger charge is -2.30. The Hall–Kier alpha value is -2.49. The lowest BCUT2D eigenvalue weighted by Crippen LogP contribution is -2.36. The maximum absolute atomic E-state index is 12.9. The predicted molar refractivity (Wildman–Crippen MR) is 93.0 cm³/mol. The Morgan fingerprint density at radius 1 is 1.12 bits per heavy atom. The zero-order chi connectivity index (χ0) is 16.5. The summed E-state index contributed by atoms with van der Waals surface area (Å²) in [5, 5.41) is 0. The molecule has 4 rings (SSSR count). The SMILES string of the molecule is Cc1cc2c(cc1CC(=O)N1CCCc3ccccc31)OCCO2. The summed E-state index contributed by atoms with van der Waals surface area (Å²) < 4.78 is 11.3. The van der Waals surface area contributed by atoms with Crippen LogP contribution in [0.3, 0.4) is 0 Å². The smallest absolute Gasteiger partial charge is 0.231 e. The number of carbonyl (C=O) groups is 1. The fourth-order valence-electron chi connectivity index (χ4n) is 3.47. The molecule has 2 aliphatic heterocycles. The molecule has 24 heavy (non-hydrogen) atoms. The van der Waals surface area contributed by atoms with E-state index >= 15 is 0 Å². The van der Waals surface area contributed by atoms with Crippen molar-refractivity contribution in [2.24, 2.45) is 0 Å². The molecule has 0 spiro atoms. The average Bonchev–Trinajstić information content (AvgIpc) is 2.62. The van der Waals surface area contributed by atoms with Crippen LogP contribution < -0.4 is 14.4 Å². The van der Waals surface area contributed by atoms with Crippen molar-refractivity contribution in [1.82, 2.24) is 0 Å². The van der Waals surface area contributed by atoms with Crippen LogP contribution in [0.15, 0.2) is 36.4 Å². The van der Waals surface area contributed by atoms with Crippen LogP contribution in [0, 0.1) is 6.92 Å². The monoisotopic (exact) mass is 323 g/mol. The van der Waals surface area contributed by atoms with E-state index in [1.165, 1.54) is 5.56 Å². The summed E-state index contributed by atoms with van der Waals surface area (Å²) in [6.45, 7) is 3.95. The third kappa shape index (κ3) is 2.73. The van der Waals surface area contributed by atoms with Crippen LogP contribution in [-0.2, 0) is 17.6 Å². The standard InChI is InChI=1S/C20H21NO3/c1-14-11-18-19(24-10-9-23-18)12-16(14)13-20(22)21-8-4-6-15-5-2-3-7-17(15)21/h2-3,5,7,11-12H,4,6,8-10,13H2,1H3. The first-order valence-electron chi connectivity index (χ1n) is 8.50. The van der Waals surface area contributed by atoms with Crippen LogP contribution in [0.5, 0.6) is 11.5 Å². The molecule has 0 fully saturated rings. The molecule has 0 saturated carbocycles. The van der Waals surface area contributed by atoms with E-state index in [2.05, 4.69) is 6.07 Å². The number of nitrogens with zero attached hydrogens (tertiary/aromatic N) is 1. The molecule has 0 aromatic heterocycles. The Bertz CT molecular complexity index is 784. The molecule has 1 amide bonds. The van der Waals surface area contributed by atoms with E-state index in [4.69, 9.17) is 9.47 Å². The van der Waals surface area contributed by atoms with Gasteiger partial charge in [0.1, 0.15) is 13.2 Å². The van der Waals surface area contributed by atoms with Crippen molar-refractivity contribution in [1.29, 1.82) is 0 Å². The van der Waals surface area contributed by atoms with Gasteiger partial charge in [-0.15, -0.1) is 0 Å². The molecule has 0 bridgehead atoms. The van der Waals surface area contributed by atoms with E-state index in [1.807, 2.05) is 42.2 Å². The van der Waals surface area contributed by atoms with Gasteiger partial charge in [0.05, 0.1) is 6.42 Å². The van der Waals surface area contributed by atoms with Gasteiger partial charge in [-0.3, -0.25) is 4.79 Å². The summed E-state index contributed by atoms with van der Waals surface area (Å²) in [6.07, 6.45) is 2.45. The number of hydrogen-bond acceptors (Lipinski definition) is 3. The van der Waals surface area contributed by atoms with Gasteiger partial charge < -0.3 is 14.4 Å². The average molecular weight is 323 g/mol. The highest BCUT2D eigenvalue weighted by Crippen LogP contribution is 2.34. The second-order valence-electron chi connectivity index (χ2n) is 6.38. The van der Waals surface area contributed by atoms with Gasteiger partial charge in [0, 0.05) is 12.2 Å². The van der Waals surface area contributed by atoms with Crippen molar-refractivity contribution in [3.8, 4) is 11.5 Å². The molecule has 2 heterocycles. The number of benzene rings is 2. The second kappa shape index (κ2) is 6.19. The van der Waals surface area contributed by atoms with Crippen molar-refractivity contribution >= 4 is 11.6 Å². The molecule has 0 aliphatic carbocycles. The molecule has 4 heteroatoms. The molecule has 0 saturated heterocycles. The fraction of sp³-hybridized carbons (Fsp3) is 0.350. The van der Waals surface area contributed by atoms with Crippen LogP contribution in [0.4, 0.5) is 5.69 Å². The normalized spacial score (nSPS) is 15.8. The van der Waals surface area contributed by atoms with Gasteiger partial charge >= 0.3 is 0 Å². The predicted octanol–water partition coefficient (Wildman–Crippen LogP) is 3.29. The van der Waals surface area contributed by atoms with Crippen LogP contribution in [0.25, 0.3) is 0 Å². The van der Waals surface area contributed by atoms with Crippen LogP contribution in [-0.4, -0.2) is 25.7 Å². The molecular formula is C20H21NO3. The van der Waals surface area contributed by atoms with E-state index in [0.717, 1.165) is 47.7 Å². The lowest BCUT2D eigenvalue weighted by atomic mass is 9.99. The van der Waals surface area contributed by atoms with Gasteiger partial charge in [-0.05, 0) is 54.7 Å². The van der Waals surface area contributed by atoms with Gasteiger partial charge in [0.2, 0.25) is 5.91 Å². The van der Waals surface area contributed by atoms with Gasteiger partial charge in [-0.2, -0.15) is 0 Å². The van der Waals surface area contributed by atoms with Crippen LogP contribution in [0.1, 0.15) is 23.1 Å². The van der Waals surface area contributed by atoms with Crippen molar-refractivity contribution in [2.75, 3.05) is 24.7 Å². The summed E-state index contributed by atoms with van der Waals surface area (Å²) in [4.78, 5) is 14.8. The van der Waals surface area contributed by atoms with Gasteiger partial charge in [0.15, 0.2) is 11.5 Å². The van der Waals surface area contributed by atoms with E-state index in [0.29, 0.717) is 19.6 Å². The van der Waals surface area contributed by atoms with Crippen LogP contribution in [0.2, 0.25) is 0 Å². The Balaban J connectivity index is 1.59. The summed E-state index contributed by atoms with van der Waals surface area (Å²) >= 11 is 0. The Labute approximate surface area is 142 Å². The minimum Gasteiger partial charge on any atom is -0.486 e. The molecular weight excluding hydrogens is 302 g/mol. The number of para-hydroxylation sites is 1. The Morgan fingerprint density at radius 2 is 1.88 bits per heavy atom. The molecule has 2 aliphatic rings. The second-order valence-corrected chi connectivity index (χ2v) is 6.38. The van der Waals surface area contributed by atoms with Crippen molar-refractivity contribution < 1.29 is 14.3 Å². The topological polar surface area (TPSA) is 38.8 Å². The lowest BCUT2D eigenvalue weighted by molar-refractivity contribution is -0.118. The molecule has 0 N–H and O–H groups in total. The van der Waals surface area contributed by atoms with Gasteiger partial charge in [-0.1, -0.05) is 18.2 Å². The molecule has 0 atom stereocenters. The molecule has 4 nitrogen and oxygen atoms in total. The summed E-state index contributed by atoms with van der Waals surface area (Å²) in [5.41, 5.74) is 4.39. The quantitative estimate of drug-likeness (QED) is 0.851. The van der Waals surface area contributed by atoms with E-state index in [1.54, 1.807) is 0 Å². The molecule has 124 valence electrons. The number of ether oxygens (including phenoxy) is 2. The largest absolute Gasteiger partial charge is 0.486 e. The minimum absolute atomic E-state index is 0.141. The number of amides is 1. The molecule has 2 aromatic carbocycles. The number of hydrogen-bond donors (Lipinski definition) is 0. The zero-order valence-electron chi connectivity index (χ0n) is 13.9. The third-order valence-corrected chi connectivity index (χ3v) is 4.75. The molecule has 2 aromatic rings. The van der Waals surface area contributed by atoms with Gasteiger partial charge in [-0.25, -0.2) is 0 Å². The molecule has 0 unspecified atom stereocenters. The highest BCUT2D eigenvalue weighted by atomic mass is 16.6. The first-order valence-corrected chi connectivity index (χ1v) is 8.50. The number of fused-ring (bicyclic) bond motifs is 2.